The molecule has 5 heterocycles. The first-order valence-electron chi connectivity index (χ1n) is 12.2. The molecule has 0 radical (unpaired) electrons. The summed E-state index contributed by atoms with van der Waals surface area (Å²) in [5.41, 5.74) is 7.45. The Balaban J connectivity index is 1.22. The number of hydrogen-bond donors (Lipinski definition) is 1. The first kappa shape index (κ1) is 25.3. The molecule has 15 heteroatoms. The van der Waals surface area contributed by atoms with Gasteiger partial charge in [0.25, 0.3) is 0 Å². The number of fused-ring (bicyclic) bond motifs is 3. The van der Waals surface area contributed by atoms with Crippen molar-refractivity contribution in [3.8, 4) is 11.6 Å². The number of benzene rings is 1. The third-order valence-corrected chi connectivity index (χ3v) is 7.91. The van der Waals surface area contributed by atoms with Crippen molar-refractivity contribution >= 4 is 39.6 Å². The van der Waals surface area contributed by atoms with E-state index in [4.69, 9.17) is 10.2 Å². The molecule has 1 atom stereocenters. The zero-order chi connectivity index (χ0) is 27.4. The van der Waals surface area contributed by atoms with Crippen LogP contribution >= 0.6 is 0 Å². The molecule has 204 valence electrons. The molecular weight excluding hydrogens is 532 g/mol. The second-order valence-corrected chi connectivity index (χ2v) is 10.6. The van der Waals surface area contributed by atoms with E-state index in [1.807, 2.05) is 4.90 Å². The minimum Gasteiger partial charge on any atom is -0.612 e. The summed E-state index contributed by atoms with van der Waals surface area (Å²) >= 11 is -1.57. The highest BCUT2D eigenvalue weighted by Gasteiger charge is 2.25. The average molecular weight is 558 g/mol. The summed E-state index contributed by atoms with van der Waals surface area (Å²) in [5.74, 6) is -0.616. The smallest absolute Gasteiger partial charge is 0.330 e. The van der Waals surface area contributed by atoms with Gasteiger partial charge >= 0.3 is 5.69 Å². The van der Waals surface area contributed by atoms with E-state index in [0.717, 1.165) is 6.07 Å². The van der Waals surface area contributed by atoms with Gasteiger partial charge in [-0.2, -0.15) is 9.50 Å². The van der Waals surface area contributed by atoms with Crippen LogP contribution in [0.25, 0.3) is 28.4 Å². The Kier molecular flexibility index (Phi) is 6.28. The van der Waals surface area contributed by atoms with Crippen molar-refractivity contribution in [1.82, 2.24) is 33.6 Å². The molecule has 1 fully saturated rings. The molecule has 0 amide bonds. The zero-order valence-corrected chi connectivity index (χ0v) is 22.0. The maximum absolute atomic E-state index is 14.5. The molecule has 1 aliphatic heterocycles. The van der Waals surface area contributed by atoms with Crippen LogP contribution in [-0.4, -0.2) is 77.1 Å². The molecule has 1 saturated heterocycles. The lowest BCUT2D eigenvalue weighted by atomic mass is 10.2. The number of furan rings is 1. The van der Waals surface area contributed by atoms with Gasteiger partial charge in [0.2, 0.25) is 11.8 Å². The lowest BCUT2D eigenvalue weighted by molar-refractivity contribution is 0.247. The van der Waals surface area contributed by atoms with Gasteiger partial charge in [-0.1, -0.05) is 0 Å². The van der Waals surface area contributed by atoms with Gasteiger partial charge in [0.1, 0.15) is 17.6 Å². The first-order chi connectivity index (χ1) is 18.7. The lowest BCUT2D eigenvalue weighted by Crippen LogP contribution is -2.48. The fraction of sp³-hybridized carbons (Fsp3) is 0.333. The Hall–Kier alpha value is -3.95. The van der Waals surface area contributed by atoms with Gasteiger partial charge in [-0.05, 0) is 23.3 Å². The number of anilines is 2. The molecule has 5 aromatic rings. The minimum absolute atomic E-state index is 0.0194. The highest BCUT2D eigenvalue weighted by atomic mass is 32.2. The van der Waals surface area contributed by atoms with Gasteiger partial charge in [-0.25, -0.2) is 18.6 Å². The highest BCUT2D eigenvalue weighted by Crippen LogP contribution is 2.27. The van der Waals surface area contributed by atoms with Crippen LogP contribution in [0.5, 0.6) is 0 Å². The molecule has 4 aromatic heterocycles. The van der Waals surface area contributed by atoms with Crippen LogP contribution < -0.4 is 16.3 Å². The molecule has 0 saturated carbocycles. The van der Waals surface area contributed by atoms with Crippen molar-refractivity contribution in [1.29, 1.82) is 0 Å². The molecule has 6 rings (SSSR count). The Labute approximate surface area is 223 Å². The molecule has 39 heavy (non-hydrogen) atoms. The fourth-order valence-corrected chi connectivity index (χ4v) is 5.55. The van der Waals surface area contributed by atoms with Crippen LogP contribution in [0.4, 0.5) is 20.4 Å². The molecule has 12 nitrogen and oxygen atoms in total. The molecule has 2 N–H and O–H groups in total. The second kappa shape index (κ2) is 9.66. The highest BCUT2D eigenvalue weighted by molar-refractivity contribution is 7.90. The predicted molar refractivity (Wildman–Crippen MR) is 141 cm³/mol. The average Bonchev–Trinajstić information content (AvgIpc) is 3.63. The van der Waals surface area contributed by atoms with Crippen molar-refractivity contribution in [3.63, 3.8) is 0 Å². The Morgan fingerprint density at radius 2 is 1.87 bits per heavy atom. The SMILES string of the molecule is Cn1c(=O)n(CCN2CCN(c3cc([S+](C)[O-])c(F)cc3F)CC2)c2nc(N)n3nc(-c4ccco4)nc3c21. The largest absolute Gasteiger partial charge is 0.612 e. The summed E-state index contributed by atoms with van der Waals surface area (Å²) in [6, 6.07) is 5.57. The van der Waals surface area contributed by atoms with E-state index >= 15 is 0 Å². The summed E-state index contributed by atoms with van der Waals surface area (Å²) in [6.45, 7) is 3.06. The van der Waals surface area contributed by atoms with Gasteiger partial charge < -0.3 is 19.6 Å². The molecule has 1 unspecified atom stereocenters. The summed E-state index contributed by atoms with van der Waals surface area (Å²) in [7, 11) is 1.65. The molecule has 0 spiro atoms. The number of aromatic nitrogens is 6. The minimum atomic E-state index is -1.57. The monoisotopic (exact) mass is 557 g/mol. The summed E-state index contributed by atoms with van der Waals surface area (Å²) < 4.78 is 50.1. The number of rotatable bonds is 6. The van der Waals surface area contributed by atoms with Crippen molar-refractivity contribution in [3.05, 3.63) is 52.6 Å². The van der Waals surface area contributed by atoms with Crippen LogP contribution in [0.3, 0.4) is 0 Å². The van der Waals surface area contributed by atoms with E-state index < -0.39 is 22.8 Å². The molecule has 1 aliphatic rings. The first-order valence-corrected chi connectivity index (χ1v) is 13.7. The van der Waals surface area contributed by atoms with Crippen LogP contribution in [-0.2, 0) is 24.8 Å². The zero-order valence-electron chi connectivity index (χ0n) is 21.2. The number of nitrogens with zero attached hydrogens (tertiary/aromatic N) is 8. The molecule has 1 aromatic carbocycles. The van der Waals surface area contributed by atoms with E-state index in [0.29, 0.717) is 67.7 Å². The van der Waals surface area contributed by atoms with E-state index in [1.165, 1.54) is 27.7 Å². The number of imidazole rings is 1. The van der Waals surface area contributed by atoms with Crippen LogP contribution in [0.15, 0.2) is 44.6 Å². The summed E-state index contributed by atoms with van der Waals surface area (Å²) in [6.07, 6.45) is 2.88. The Morgan fingerprint density at radius 1 is 1.10 bits per heavy atom. The maximum atomic E-state index is 14.5. The van der Waals surface area contributed by atoms with E-state index in [9.17, 15) is 18.1 Å². The van der Waals surface area contributed by atoms with E-state index in [-0.39, 0.29) is 22.2 Å². The lowest BCUT2D eigenvalue weighted by Gasteiger charge is -2.36. The Bertz CT molecular complexity index is 1740. The van der Waals surface area contributed by atoms with Crippen molar-refractivity contribution in [2.24, 2.45) is 7.05 Å². The van der Waals surface area contributed by atoms with Gasteiger partial charge in [-0.15, -0.1) is 5.10 Å². The number of hydrogen-bond acceptors (Lipinski definition) is 9. The second-order valence-electron chi connectivity index (χ2n) is 9.30. The third-order valence-electron chi connectivity index (χ3n) is 6.98. The third kappa shape index (κ3) is 4.31. The van der Waals surface area contributed by atoms with Crippen LogP contribution in [0, 0.1) is 11.6 Å². The fourth-order valence-electron chi connectivity index (χ4n) is 4.94. The van der Waals surface area contributed by atoms with Gasteiger partial charge in [-0.3, -0.25) is 14.0 Å². The van der Waals surface area contributed by atoms with Crippen LogP contribution in [0.1, 0.15) is 0 Å². The summed E-state index contributed by atoms with van der Waals surface area (Å²) in [4.78, 5) is 26.1. The molecular formula is C24H25F2N9O3S. The molecule has 0 aliphatic carbocycles. The topological polar surface area (TPSA) is 139 Å². The van der Waals surface area contributed by atoms with Gasteiger partial charge in [0, 0.05) is 58.4 Å². The van der Waals surface area contributed by atoms with E-state index in [2.05, 4.69) is 20.0 Å². The number of nitrogens with two attached hydrogens (primary N) is 1. The van der Waals surface area contributed by atoms with Crippen LogP contribution in [0.2, 0.25) is 0 Å². The standard InChI is InChI=1S/C24H25F2N9O3S/c1-31-19-21(29-23(27)35-22(19)28-20(30-35)17-4-3-11-38-17)34(24(31)36)10-7-32-5-8-33(9-6-32)16-13-18(39(2)37)15(26)12-14(16)25/h3-4,11-13H,5-10H2,1-2H3,(H2,27,29). The maximum Gasteiger partial charge on any atom is 0.330 e. The number of halogens is 2. The number of aryl methyl sites for hydroxylation is 1. The van der Waals surface area contributed by atoms with Crippen molar-refractivity contribution < 1.29 is 17.8 Å². The predicted octanol–water partition coefficient (Wildman–Crippen LogP) is 1.46. The van der Waals surface area contributed by atoms with Crippen molar-refractivity contribution in [2.75, 3.05) is 49.6 Å². The normalized spacial score (nSPS) is 15.6. The Morgan fingerprint density at radius 3 is 2.56 bits per heavy atom. The number of nitrogen functional groups attached to an aromatic ring is 1. The van der Waals surface area contributed by atoms with Crippen molar-refractivity contribution in [2.45, 2.75) is 11.4 Å². The molecule has 0 bridgehead atoms. The summed E-state index contributed by atoms with van der Waals surface area (Å²) in [5, 5.41) is 4.38. The van der Waals surface area contributed by atoms with E-state index in [1.54, 1.807) is 23.7 Å². The van der Waals surface area contributed by atoms with Gasteiger partial charge in [0.05, 0.1) is 12.0 Å². The van der Waals surface area contributed by atoms with Gasteiger partial charge in [0.15, 0.2) is 27.8 Å². The quantitative estimate of drug-likeness (QED) is 0.308. The number of piperazine rings is 1.